The third-order valence-corrected chi connectivity index (χ3v) is 15.0. The third kappa shape index (κ3) is 5.74. The van der Waals surface area contributed by atoms with Crippen LogP contribution in [0.4, 0.5) is 45.5 Å². The quantitative estimate of drug-likeness (QED) is 0.158. The zero-order valence-corrected chi connectivity index (χ0v) is 36.4. The molecular weight excluding hydrogens is 807 g/mol. The number of hydrogen-bond acceptors (Lipinski definition) is 4. The number of fused-ring (bicyclic) bond motifs is 12. The summed E-state index contributed by atoms with van der Waals surface area (Å²) in [6.07, 6.45) is 9.42. The molecule has 1 spiro atoms. The molecule has 308 valence electrons. The zero-order valence-electron chi connectivity index (χ0n) is 35.6. The van der Waals surface area contributed by atoms with E-state index in [1.807, 2.05) is 11.3 Å². The highest BCUT2D eigenvalue weighted by atomic mass is 32.1. The minimum absolute atomic E-state index is 0.0800. The Bertz CT molecular complexity index is 3380. The molecule has 2 heterocycles. The molecule has 3 nitrogen and oxygen atoms in total. The number of nitrogens with zero attached hydrogens (tertiary/aromatic N) is 3. The SMILES string of the molecule is C1=CC2C(C=C1)C1(c3ccccc3-c3ccccc31)c1cc(N(c3ccccc3)c3cc4c(cc3N(c3ccccc3)c3ccccc3)sc3ccccc34)ccc1N2c1ccccc1. The van der Waals surface area contributed by atoms with Crippen molar-refractivity contribution in [2.24, 2.45) is 5.92 Å². The third-order valence-electron chi connectivity index (χ3n) is 13.9. The highest BCUT2D eigenvalue weighted by molar-refractivity contribution is 7.25. The molecule has 0 radical (unpaired) electrons. The van der Waals surface area contributed by atoms with Crippen molar-refractivity contribution in [1.29, 1.82) is 0 Å². The fourth-order valence-electron chi connectivity index (χ4n) is 11.3. The van der Waals surface area contributed by atoms with E-state index in [1.54, 1.807) is 0 Å². The number of allylic oxidation sites excluding steroid dienone is 2. The lowest BCUT2D eigenvalue weighted by Gasteiger charge is -2.53. The number of thiophene rings is 1. The molecule has 3 aliphatic rings. The Morgan fingerprint density at radius 1 is 0.400 bits per heavy atom. The van der Waals surface area contributed by atoms with Gasteiger partial charge in [-0.05, 0) is 113 Å². The van der Waals surface area contributed by atoms with Gasteiger partial charge in [-0.2, -0.15) is 0 Å². The van der Waals surface area contributed by atoms with Gasteiger partial charge in [0.2, 0.25) is 0 Å². The van der Waals surface area contributed by atoms with Gasteiger partial charge in [0.05, 0.1) is 22.8 Å². The highest BCUT2D eigenvalue weighted by Crippen LogP contribution is 2.64. The summed E-state index contributed by atoms with van der Waals surface area (Å²) < 4.78 is 2.53. The second kappa shape index (κ2) is 15.1. The van der Waals surface area contributed by atoms with Gasteiger partial charge in [0.25, 0.3) is 0 Å². The summed E-state index contributed by atoms with van der Waals surface area (Å²) in [7, 11) is 0. The summed E-state index contributed by atoms with van der Waals surface area (Å²) in [5.74, 6) is 0.0983. The fourth-order valence-corrected chi connectivity index (χ4v) is 12.4. The lowest BCUT2D eigenvalue weighted by molar-refractivity contribution is 0.392. The predicted molar refractivity (Wildman–Crippen MR) is 275 cm³/mol. The summed E-state index contributed by atoms with van der Waals surface area (Å²) in [6.45, 7) is 0. The second-order valence-electron chi connectivity index (χ2n) is 17.2. The molecule has 2 atom stereocenters. The molecule has 1 aliphatic heterocycles. The molecule has 2 unspecified atom stereocenters. The van der Waals surface area contributed by atoms with Gasteiger partial charge in [0.1, 0.15) is 0 Å². The molecule has 2 aliphatic carbocycles. The predicted octanol–water partition coefficient (Wildman–Crippen LogP) is 16.6. The van der Waals surface area contributed by atoms with Crippen molar-refractivity contribution in [3.63, 3.8) is 0 Å². The van der Waals surface area contributed by atoms with Crippen molar-refractivity contribution in [3.05, 3.63) is 265 Å². The van der Waals surface area contributed by atoms with Crippen LogP contribution in [0.2, 0.25) is 0 Å². The number of para-hydroxylation sites is 4. The van der Waals surface area contributed by atoms with Gasteiger partial charge in [-0.3, -0.25) is 0 Å². The van der Waals surface area contributed by atoms with Crippen LogP contribution in [-0.2, 0) is 5.41 Å². The molecule has 0 saturated heterocycles. The van der Waals surface area contributed by atoms with Gasteiger partial charge in [0.15, 0.2) is 0 Å². The molecular formula is C61H43N3S. The topological polar surface area (TPSA) is 9.72 Å². The Labute approximate surface area is 383 Å². The van der Waals surface area contributed by atoms with E-state index >= 15 is 0 Å². The largest absolute Gasteiger partial charge is 0.334 e. The summed E-state index contributed by atoms with van der Waals surface area (Å²) >= 11 is 1.86. The van der Waals surface area contributed by atoms with Gasteiger partial charge in [-0.15, -0.1) is 11.3 Å². The first-order valence-corrected chi connectivity index (χ1v) is 23.3. The molecule has 10 aromatic rings. The summed E-state index contributed by atoms with van der Waals surface area (Å²) in [4.78, 5) is 7.53. The number of rotatable bonds is 7. The first-order chi connectivity index (χ1) is 32.3. The molecule has 0 fully saturated rings. The zero-order chi connectivity index (χ0) is 42.9. The summed E-state index contributed by atoms with van der Waals surface area (Å²) in [5.41, 5.74) is 15.1. The minimum atomic E-state index is -0.478. The smallest absolute Gasteiger partial charge is 0.0716 e. The van der Waals surface area contributed by atoms with Crippen LogP contribution in [-0.4, -0.2) is 6.04 Å². The van der Waals surface area contributed by atoms with Gasteiger partial charge >= 0.3 is 0 Å². The Hall–Kier alpha value is -7.92. The van der Waals surface area contributed by atoms with Crippen molar-refractivity contribution in [1.82, 2.24) is 0 Å². The van der Waals surface area contributed by atoms with Crippen LogP contribution in [0.1, 0.15) is 16.7 Å². The van der Waals surface area contributed by atoms with Crippen LogP contribution in [0.25, 0.3) is 31.3 Å². The average molecular weight is 850 g/mol. The Morgan fingerprint density at radius 2 is 0.923 bits per heavy atom. The van der Waals surface area contributed by atoms with E-state index in [0.717, 1.165) is 34.1 Å². The van der Waals surface area contributed by atoms with Gasteiger partial charge in [0, 0.05) is 60.2 Å². The van der Waals surface area contributed by atoms with E-state index in [9.17, 15) is 0 Å². The maximum atomic E-state index is 2.59. The van der Waals surface area contributed by atoms with Crippen molar-refractivity contribution in [2.45, 2.75) is 11.5 Å². The van der Waals surface area contributed by atoms with Gasteiger partial charge < -0.3 is 14.7 Å². The van der Waals surface area contributed by atoms with Crippen molar-refractivity contribution in [2.75, 3.05) is 14.7 Å². The first kappa shape index (κ1) is 37.6. The van der Waals surface area contributed by atoms with E-state index in [2.05, 4.69) is 263 Å². The second-order valence-corrected chi connectivity index (χ2v) is 18.3. The van der Waals surface area contributed by atoms with E-state index in [4.69, 9.17) is 0 Å². The van der Waals surface area contributed by atoms with E-state index in [0.29, 0.717) is 0 Å². The maximum Gasteiger partial charge on any atom is 0.0716 e. The van der Waals surface area contributed by atoms with Gasteiger partial charge in [-0.25, -0.2) is 0 Å². The van der Waals surface area contributed by atoms with Crippen molar-refractivity contribution < 1.29 is 0 Å². The average Bonchev–Trinajstić information content (AvgIpc) is 3.89. The van der Waals surface area contributed by atoms with Crippen LogP contribution in [0.3, 0.4) is 0 Å². The lowest BCUT2D eigenvalue weighted by atomic mass is 9.58. The maximum absolute atomic E-state index is 2.59. The Balaban J connectivity index is 1.14. The van der Waals surface area contributed by atoms with E-state index < -0.39 is 5.41 Å². The summed E-state index contributed by atoms with van der Waals surface area (Å²) in [6, 6.07) is 83.0. The standard InChI is InChI=1S/C61H43N3S/c1-5-21-42(22-6-1)62(43-23-7-2-8-24-43)58-41-60-50(49-31-15-20-36-59(49)65-60)40-57(58)63(44-25-9-3-10-26-44)46-37-38-56-54(39-46)61(51-32-16-13-29-47(51)48-30-14-17-33-52(48)61)53-34-18-19-35-55(53)64(56)45-27-11-4-12-28-45/h1-41,53,55H. The van der Waals surface area contributed by atoms with Gasteiger partial charge in [-0.1, -0.05) is 164 Å². The molecule has 0 bridgehead atoms. The fraction of sp³-hybridized carbons (Fsp3) is 0.0492. The normalized spacial score (nSPS) is 16.3. The van der Waals surface area contributed by atoms with Crippen LogP contribution in [0, 0.1) is 5.92 Å². The minimum Gasteiger partial charge on any atom is -0.334 e. The van der Waals surface area contributed by atoms with E-state index in [-0.39, 0.29) is 12.0 Å². The molecule has 0 N–H and O–H groups in total. The number of anilines is 8. The van der Waals surface area contributed by atoms with Crippen molar-refractivity contribution >= 4 is 77.0 Å². The first-order valence-electron chi connectivity index (χ1n) is 22.5. The molecule has 13 rings (SSSR count). The Kier molecular flexibility index (Phi) is 8.75. The number of hydrogen-bond donors (Lipinski definition) is 0. The summed E-state index contributed by atoms with van der Waals surface area (Å²) in [5, 5.41) is 2.51. The van der Waals surface area contributed by atoms with Crippen LogP contribution < -0.4 is 14.7 Å². The van der Waals surface area contributed by atoms with Crippen molar-refractivity contribution in [3.8, 4) is 11.1 Å². The Morgan fingerprint density at radius 3 is 1.57 bits per heavy atom. The monoisotopic (exact) mass is 849 g/mol. The molecule has 9 aromatic carbocycles. The number of benzene rings is 9. The van der Waals surface area contributed by atoms with Crippen LogP contribution >= 0.6 is 11.3 Å². The molecule has 4 heteroatoms. The molecule has 0 saturated carbocycles. The molecule has 65 heavy (non-hydrogen) atoms. The highest BCUT2D eigenvalue weighted by Gasteiger charge is 2.57. The van der Waals surface area contributed by atoms with Crippen LogP contribution in [0.15, 0.2) is 249 Å². The van der Waals surface area contributed by atoms with E-state index in [1.165, 1.54) is 59.4 Å². The lowest BCUT2D eigenvalue weighted by Crippen LogP contribution is -2.52. The molecule has 0 amide bonds. The van der Waals surface area contributed by atoms with Crippen LogP contribution in [0.5, 0.6) is 0 Å². The molecule has 1 aromatic heterocycles.